The Morgan fingerprint density at radius 1 is 1.33 bits per heavy atom. The molecule has 3 heteroatoms. The Labute approximate surface area is 127 Å². The molecule has 2 rings (SSSR count). The standard InChI is InChI=1S/C18H24N2O/c1-4-5-11-20-18(19-3)15-9-10-16(13(2)12-15)17(21)14-7-6-8-14/h9-12,21H,4-8H2,1-3H3. The van der Waals surface area contributed by atoms with E-state index in [0.29, 0.717) is 5.76 Å². The molecule has 0 radical (unpaired) electrons. The Kier molecular flexibility index (Phi) is 5.32. The van der Waals surface area contributed by atoms with E-state index in [4.69, 9.17) is 0 Å². The summed E-state index contributed by atoms with van der Waals surface area (Å²) in [6, 6.07) is 6.02. The first-order valence-electron chi connectivity index (χ1n) is 7.69. The van der Waals surface area contributed by atoms with Crippen molar-refractivity contribution in [2.45, 2.75) is 46.0 Å². The number of aryl methyl sites for hydroxylation is 1. The van der Waals surface area contributed by atoms with E-state index in [9.17, 15) is 5.11 Å². The zero-order valence-electron chi connectivity index (χ0n) is 13.2. The van der Waals surface area contributed by atoms with Gasteiger partial charge in [-0.1, -0.05) is 25.5 Å². The zero-order chi connectivity index (χ0) is 15.2. The molecule has 0 heterocycles. The number of hydrogen-bond acceptors (Lipinski definition) is 2. The van der Waals surface area contributed by atoms with Crippen molar-refractivity contribution in [3.05, 3.63) is 40.5 Å². The molecule has 1 aromatic carbocycles. The fourth-order valence-electron chi connectivity index (χ4n) is 2.39. The Morgan fingerprint density at radius 2 is 2.10 bits per heavy atom. The van der Waals surface area contributed by atoms with E-state index < -0.39 is 0 Å². The van der Waals surface area contributed by atoms with Crippen molar-refractivity contribution in [3.8, 4) is 0 Å². The number of rotatable bonds is 4. The van der Waals surface area contributed by atoms with E-state index in [1.165, 1.54) is 12.0 Å². The Bertz CT molecular complexity index is 591. The fourth-order valence-corrected chi connectivity index (χ4v) is 2.39. The maximum atomic E-state index is 10.3. The van der Waals surface area contributed by atoms with Gasteiger partial charge in [0.15, 0.2) is 5.84 Å². The molecule has 0 unspecified atom stereocenters. The number of aliphatic hydroxyl groups excluding tert-OH is 1. The monoisotopic (exact) mass is 284 g/mol. The van der Waals surface area contributed by atoms with Gasteiger partial charge in [0.25, 0.3) is 0 Å². The van der Waals surface area contributed by atoms with Gasteiger partial charge < -0.3 is 5.11 Å². The number of unbranched alkanes of at least 4 members (excludes halogenated alkanes) is 1. The van der Waals surface area contributed by atoms with Crippen LogP contribution in [0.3, 0.4) is 0 Å². The third-order valence-electron chi connectivity index (χ3n) is 3.87. The van der Waals surface area contributed by atoms with Crippen LogP contribution in [0, 0.1) is 6.92 Å². The van der Waals surface area contributed by atoms with Crippen LogP contribution in [0.25, 0.3) is 5.76 Å². The van der Waals surface area contributed by atoms with Gasteiger partial charge in [0.2, 0.25) is 0 Å². The van der Waals surface area contributed by atoms with Gasteiger partial charge in [-0.3, -0.25) is 4.99 Å². The van der Waals surface area contributed by atoms with Gasteiger partial charge in [0.1, 0.15) is 5.76 Å². The molecule has 0 spiro atoms. The van der Waals surface area contributed by atoms with Crippen LogP contribution in [0.15, 0.2) is 33.8 Å². The minimum Gasteiger partial charge on any atom is -0.507 e. The molecule has 1 aliphatic rings. The minimum atomic E-state index is 0.467. The smallest absolute Gasteiger partial charge is 0.153 e. The SMILES string of the molecule is CCCC=NC(=NC)c1ccc(C(O)=C2CCC2)c(C)c1. The Hall–Kier alpha value is -1.90. The lowest BCUT2D eigenvalue weighted by Gasteiger charge is -2.19. The summed E-state index contributed by atoms with van der Waals surface area (Å²) in [5.74, 6) is 1.21. The van der Waals surface area contributed by atoms with Crippen molar-refractivity contribution < 1.29 is 5.11 Å². The second-order valence-electron chi connectivity index (χ2n) is 5.48. The van der Waals surface area contributed by atoms with Gasteiger partial charge in [-0.15, -0.1) is 0 Å². The predicted molar refractivity (Wildman–Crippen MR) is 90.4 cm³/mol. The molecule has 21 heavy (non-hydrogen) atoms. The van der Waals surface area contributed by atoms with E-state index in [0.717, 1.165) is 48.2 Å². The number of hydrogen-bond donors (Lipinski definition) is 1. The maximum absolute atomic E-state index is 10.3. The van der Waals surface area contributed by atoms with Gasteiger partial charge in [0.05, 0.1) is 0 Å². The predicted octanol–water partition coefficient (Wildman–Crippen LogP) is 4.70. The topological polar surface area (TPSA) is 45.0 Å². The number of allylic oxidation sites excluding steroid dienone is 1. The lowest BCUT2D eigenvalue weighted by molar-refractivity contribution is 0.485. The first kappa shape index (κ1) is 15.5. The molecule has 0 amide bonds. The second-order valence-corrected chi connectivity index (χ2v) is 5.48. The number of aliphatic hydroxyl groups is 1. The minimum absolute atomic E-state index is 0.467. The van der Waals surface area contributed by atoms with Crippen molar-refractivity contribution in [2.24, 2.45) is 9.98 Å². The van der Waals surface area contributed by atoms with Crippen molar-refractivity contribution in [2.75, 3.05) is 7.05 Å². The molecular weight excluding hydrogens is 260 g/mol. The van der Waals surface area contributed by atoms with Crippen LogP contribution in [0.5, 0.6) is 0 Å². The molecule has 1 saturated carbocycles. The summed E-state index contributed by atoms with van der Waals surface area (Å²) in [5.41, 5.74) is 4.17. The molecule has 3 nitrogen and oxygen atoms in total. The van der Waals surface area contributed by atoms with Crippen LogP contribution in [0.2, 0.25) is 0 Å². The number of nitrogens with zero attached hydrogens (tertiary/aromatic N) is 2. The highest BCUT2D eigenvalue weighted by Gasteiger charge is 2.17. The molecular formula is C18H24N2O. The summed E-state index contributed by atoms with van der Waals surface area (Å²) >= 11 is 0. The molecule has 0 aliphatic heterocycles. The summed E-state index contributed by atoms with van der Waals surface area (Å²) in [6.45, 7) is 4.15. The molecule has 1 fully saturated rings. The van der Waals surface area contributed by atoms with Gasteiger partial charge >= 0.3 is 0 Å². The van der Waals surface area contributed by atoms with Crippen LogP contribution < -0.4 is 0 Å². The summed E-state index contributed by atoms with van der Waals surface area (Å²) in [5, 5.41) is 10.3. The summed E-state index contributed by atoms with van der Waals surface area (Å²) < 4.78 is 0. The van der Waals surface area contributed by atoms with E-state index in [-0.39, 0.29) is 0 Å². The van der Waals surface area contributed by atoms with E-state index in [2.05, 4.69) is 23.0 Å². The molecule has 0 atom stereocenters. The lowest BCUT2D eigenvalue weighted by Crippen LogP contribution is -2.04. The number of amidine groups is 1. The summed E-state index contributed by atoms with van der Waals surface area (Å²) in [4.78, 5) is 8.68. The van der Waals surface area contributed by atoms with Gasteiger partial charge in [-0.05, 0) is 49.8 Å². The van der Waals surface area contributed by atoms with E-state index >= 15 is 0 Å². The van der Waals surface area contributed by atoms with Crippen LogP contribution in [-0.2, 0) is 0 Å². The van der Waals surface area contributed by atoms with Crippen molar-refractivity contribution >= 4 is 17.8 Å². The maximum Gasteiger partial charge on any atom is 0.153 e. The first-order chi connectivity index (χ1) is 10.2. The molecule has 1 N–H and O–H groups in total. The normalized spacial score (nSPS) is 15.4. The average molecular weight is 284 g/mol. The molecule has 0 aromatic heterocycles. The van der Waals surface area contributed by atoms with Crippen LogP contribution in [0.4, 0.5) is 0 Å². The summed E-state index contributed by atoms with van der Waals surface area (Å²) in [6.07, 6.45) is 7.20. The third kappa shape index (κ3) is 3.60. The molecule has 0 bridgehead atoms. The third-order valence-corrected chi connectivity index (χ3v) is 3.87. The Balaban J connectivity index is 2.26. The molecule has 112 valence electrons. The lowest BCUT2D eigenvalue weighted by atomic mass is 9.88. The first-order valence-corrected chi connectivity index (χ1v) is 7.69. The molecule has 0 saturated heterocycles. The van der Waals surface area contributed by atoms with E-state index in [1.807, 2.05) is 25.3 Å². The number of benzene rings is 1. The van der Waals surface area contributed by atoms with Crippen molar-refractivity contribution in [3.63, 3.8) is 0 Å². The molecule has 1 aliphatic carbocycles. The van der Waals surface area contributed by atoms with Crippen LogP contribution >= 0.6 is 0 Å². The van der Waals surface area contributed by atoms with Gasteiger partial charge in [0, 0.05) is 24.4 Å². The zero-order valence-corrected chi connectivity index (χ0v) is 13.2. The largest absolute Gasteiger partial charge is 0.507 e. The summed E-state index contributed by atoms with van der Waals surface area (Å²) in [7, 11) is 1.76. The average Bonchev–Trinajstić information content (AvgIpc) is 2.41. The highest BCUT2D eigenvalue weighted by molar-refractivity contribution is 6.03. The van der Waals surface area contributed by atoms with E-state index in [1.54, 1.807) is 7.05 Å². The highest BCUT2D eigenvalue weighted by Crippen LogP contribution is 2.33. The highest BCUT2D eigenvalue weighted by atomic mass is 16.3. The van der Waals surface area contributed by atoms with Gasteiger partial charge in [-0.25, -0.2) is 4.99 Å². The van der Waals surface area contributed by atoms with Crippen molar-refractivity contribution in [1.82, 2.24) is 0 Å². The second kappa shape index (κ2) is 7.21. The quantitative estimate of drug-likeness (QED) is 0.486. The fraction of sp³-hybridized carbons (Fsp3) is 0.444. The van der Waals surface area contributed by atoms with Crippen LogP contribution in [-0.4, -0.2) is 24.2 Å². The Morgan fingerprint density at radius 3 is 2.62 bits per heavy atom. The van der Waals surface area contributed by atoms with Crippen molar-refractivity contribution in [1.29, 1.82) is 0 Å². The van der Waals surface area contributed by atoms with Crippen LogP contribution in [0.1, 0.15) is 55.7 Å². The number of aliphatic imine (C=N–C) groups is 2. The van der Waals surface area contributed by atoms with Gasteiger partial charge in [-0.2, -0.15) is 0 Å². The molecule has 1 aromatic rings.